The summed E-state index contributed by atoms with van der Waals surface area (Å²) < 4.78 is 1.11. The van der Waals surface area contributed by atoms with Crippen molar-refractivity contribution in [3.8, 4) is 11.1 Å². The van der Waals surface area contributed by atoms with Crippen molar-refractivity contribution in [1.82, 2.24) is 4.98 Å². The molecule has 86 valence electrons. The summed E-state index contributed by atoms with van der Waals surface area (Å²) in [7, 11) is 0. The smallest absolute Gasteiger partial charge is 0.109 e. The Morgan fingerprint density at radius 3 is 2.89 bits per heavy atom. The third-order valence-electron chi connectivity index (χ3n) is 3.20. The van der Waals surface area contributed by atoms with E-state index < -0.39 is 0 Å². The van der Waals surface area contributed by atoms with Crippen molar-refractivity contribution in [2.75, 3.05) is 0 Å². The summed E-state index contributed by atoms with van der Waals surface area (Å²) in [5.74, 6) is 0. The fourth-order valence-electron chi connectivity index (χ4n) is 2.41. The zero-order valence-corrected chi connectivity index (χ0v) is 11.8. The molecule has 4 rings (SSSR count). The molecule has 0 fully saturated rings. The van der Waals surface area contributed by atoms with Crippen molar-refractivity contribution in [2.24, 2.45) is 0 Å². The number of pyridine rings is 1. The molecule has 0 aliphatic carbocycles. The maximum absolute atomic E-state index is 4.51. The van der Waals surface area contributed by atoms with E-state index in [2.05, 4.69) is 63.4 Å². The zero-order valence-electron chi connectivity index (χ0n) is 9.35. The molecule has 1 aliphatic rings. The molecule has 2 heterocycles. The van der Waals surface area contributed by atoms with Crippen LogP contribution >= 0.6 is 27.7 Å². The Bertz CT molecular complexity index is 777. The van der Waals surface area contributed by atoms with E-state index in [0.29, 0.717) is 0 Å². The first-order valence-corrected chi connectivity index (χ1v) is 7.29. The summed E-state index contributed by atoms with van der Waals surface area (Å²) in [6.45, 7) is 0. The number of rotatable bonds is 0. The molecule has 1 aromatic heterocycles. The lowest BCUT2D eigenvalue weighted by Crippen LogP contribution is -1.94. The van der Waals surface area contributed by atoms with Crippen LogP contribution in [0.3, 0.4) is 0 Å². The van der Waals surface area contributed by atoms with E-state index in [9.17, 15) is 0 Å². The van der Waals surface area contributed by atoms with Crippen molar-refractivity contribution in [3.63, 3.8) is 0 Å². The summed E-state index contributed by atoms with van der Waals surface area (Å²) in [6.07, 6.45) is 1.89. The molecule has 0 spiro atoms. The monoisotopic (exact) mass is 313 g/mol. The fourth-order valence-corrected chi connectivity index (χ4v) is 4.04. The van der Waals surface area contributed by atoms with Crippen LogP contribution in [0.4, 0.5) is 0 Å². The number of hydrogen-bond acceptors (Lipinski definition) is 2. The topological polar surface area (TPSA) is 12.9 Å². The molecule has 1 nitrogen and oxygen atoms in total. The standard InChI is InChI=1S/C15H8BrNS/c16-10-4-5-11-12-3-1-2-9-6-7-17-15(14(9)12)18-13(11)8-10/h1-8H. The van der Waals surface area contributed by atoms with E-state index >= 15 is 0 Å². The summed E-state index contributed by atoms with van der Waals surface area (Å²) in [5.41, 5.74) is 2.59. The Kier molecular flexibility index (Phi) is 2.26. The molecule has 3 aromatic rings. The molecule has 0 N–H and O–H groups in total. The lowest BCUT2D eigenvalue weighted by Gasteiger charge is -2.19. The van der Waals surface area contributed by atoms with Crippen LogP contribution in [0.15, 0.2) is 63.1 Å². The Labute approximate surface area is 117 Å². The Morgan fingerprint density at radius 1 is 1.00 bits per heavy atom. The largest absolute Gasteiger partial charge is 0.249 e. The van der Waals surface area contributed by atoms with Crippen LogP contribution < -0.4 is 0 Å². The molecule has 0 amide bonds. The van der Waals surface area contributed by atoms with Gasteiger partial charge in [-0.05, 0) is 34.7 Å². The lowest BCUT2D eigenvalue weighted by molar-refractivity contribution is 1.16. The summed E-state index contributed by atoms with van der Waals surface area (Å²) >= 11 is 5.28. The number of halogens is 1. The molecule has 3 heteroatoms. The Morgan fingerprint density at radius 2 is 1.94 bits per heavy atom. The van der Waals surface area contributed by atoms with E-state index in [1.165, 1.54) is 26.8 Å². The third-order valence-corrected chi connectivity index (χ3v) is 4.75. The highest BCUT2D eigenvalue weighted by atomic mass is 79.9. The van der Waals surface area contributed by atoms with Gasteiger partial charge in [-0.3, -0.25) is 0 Å². The van der Waals surface area contributed by atoms with E-state index in [-0.39, 0.29) is 0 Å². The minimum Gasteiger partial charge on any atom is -0.249 e. The normalized spacial score (nSPS) is 12.5. The highest BCUT2D eigenvalue weighted by molar-refractivity contribution is 9.10. The third kappa shape index (κ3) is 1.44. The van der Waals surface area contributed by atoms with Gasteiger partial charge in [0.2, 0.25) is 0 Å². The van der Waals surface area contributed by atoms with Gasteiger partial charge in [0.05, 0.1) is 0 Å². The quantitative estimate of drug-likeness (QED) is 0.446. The first-order valence-electron chi connectivity index (χ1n) is 5.68. The van der Waals surface area contributed by atoms with Gasteiger partial charge in [0.15, 0.2) is 0 Å². The average molecular weight is 314 g/mol. The van der Waals surface area contributed by atoms with Crippen LogP contribution in [0.5, 0.6) is 0 Å². The second-order valence-electron chi connectivity index (χ2n) is 4.26. The van der Waals surface area contributed by atoms with Crippen LogP contribution in [-0.2, 0) is 0 Å². The molecule has 2 aromatic carbocycles. The highest BCUT2D eigenvalue weighted by Crippen LogP contribution is 2.47. The molecular weight excluding hydrogens is 306 g/mol. The molecule has 0 saturated heterocycles. The zero-order chi connectivity index (χ0) is 12.1. The molecule has 18 heavy (non-hydrogen) atoms. The van der Waals surface area contributed by atoms with Crippen LogP contribution in [-0.4, -0.2) is 4.98 Å². The molecule has 0 unspecified atom stereocenters. The molecule has 1 aliphatic heterocycles. The second kappa shape index (κ2) is 3.84. The van der Waals surface area contributed by atoms with Crippen LogP contribution in [0, 0.1) is 0 Å². The van der Waals surface area contributed by atoms with E-state index in [1.807, 2.05) is 6.20 Å². The number of nitrogens with zero attached hydrogens (tertiary/aromatic N) is 1. The number of benzene rings is 2. The summed E-state index contributed by atoms with van der Waals surface area (Å²) in [6, 6.07) is 15.0. The van der Waals surface area contributed by atoms with Gasteiger partial charge in [0.1, 0.15) is 5.03 Å². The minimum atomic E-state index is 1.11. The summed E-state index contributed by atoms with van der Waals surface area (Å²) in [5, 5.41) is 3.65. The molecule has 0 radical (unpaired) electrons. The van der Waals surface area contributed by atoms with Gasteiger partial charge in [0.25, 0.3) is 0 Å². The van der Waals surface area contributed by atoms with Gasteiger partial charge in [0, 0.05) is 21.0 Å². The average Bonchev–Trinajstić information content (AvgIpc) is 2.39. The van der Waals surface area contributed by atoms with Crippen LogP contribution in [0.25, 0.3) is 21.9 Å². The first-order chi connectivity index (χ1) is 8.83. The van der Waals surface area contributed by atoms with Gasteiger partial charge < -0.3 is 0 Å². The van der Waals surface area contributed by atoms with Crippen molar-refractivity contribution in [2.45, 2.75) is 9.92 Å². The van der Waals surface area contributed by atoms with E-state index in [0.717, 1.165) is 9.50 Å². The fraction of sp³-hybridized carbons (Fsp3) is 0. The van der Waals surface area contributed by atoms with Gasteiger partial charge in [-0.1, -0.05) is 52.0 Å². The Hall–Kier alpha value is -1.32. The molecule has 0 bridgehead atoms. The van der Waals surface area contributed by atoms with Gasteiger partial charge in [-0.25, -0.2) is 4.98 Å². The molecular formula is C15H8BrNS. The van der Waals surface area contributed by atoms with Crippen LogP contribution in [0.2, 0.25) is 0 Å². The van der Waals surface area contributed by atoms with Gasteiger partial charge >= 0.3 is 0 Å². The maximum Gasteiger partial charge on any atom is 0.109 e. The summed E-state index contributed by atoms with van der Waals surface area (Å²) in [4.78, 5) is 5.78. The highest BCUT2D eigenvalue weighted by Gasteiger charge is 2.19. The van der Waals surface area contributed by atoms with Gasteiger partial charge in [-0.15, -0.1) is 0 Å². The van der Waals surface area contributed by atoms with E-state index in [4.69, 9.17) is 0 Å². The van der Waals surface area contributed by atoms with Gasteiger partial charge in [-0.2, -0.15) is 0 Å². The number of fused-ring (bicyclic) bond motifs is 2. The van der Waals surface area contributed by atoms with Crippen LogP contribution in [0.1, 0.15) is 0 Å². The van der Waals surface area contributed by atoms with E-state index in [1.54, 1.807) is 11.8 Å². The minimum absolute atomic E-state index is 1.11. The predicted octanol–water partition coefficient (Wildman–Crippen LogP) is 5.13. The van der Waals surface area contributed by atoms with Crippen molar-refractivity contribution in [3.05, 3.63) is 53.1 Å². The van der Waals surface area contributed by atoms with Crippen molar-refractivity contribution < 1.29 is 0 Å². The Balaban J connectivity index is 2.17. The lowest BCUT2D eigenvalue weighted by atomic mass is 9.99. The SMILES string of the molecule is Brc1ccc2c(c1)Sc1nccc3cccc-2c13. The van der Waals surface area contributed by atoms with Crippen molar-refractivity contribution in [1.29, 1.82) is 0 Å². The van der Waals surface area contributed by atoms with Crippen molar-refractivity contribution >= 4 is 38.5 Å². The molecule has 0 saturated carbocycles. The number of aromatic nitrogens is 1. The second-order valence-corrected chi connectivity index (χ2v) is 6.21. The molecule has 0 atom stereocenters. The maximum atomic E-state index is 4.51. The number of hydrogen-bond donors (Lipinski definition) is 0. The predicted molar refractivity (Wildman–Crippen MR) is 79.0 cm³/mol. The first kappa shape index (κ1) is 10.6.